The number of carbonyl (C=O) groups excluding carboxylic acids is 1. The second-order valence-corrected chi connectivity index (χ2v) is 6.77. The van der Waals surface area contributed by atoms with E-state index in [1.807, 2.05) is 36.0 Å². The summed E-state index contributed by atoms with van der Waals surface area (Å²) in [7, 11) is 0. The maximum Gasteiger partial charge on any atom is 0.242 e. The summed E-state index contributed by atoms with van der Waals surface area (Å²) in [4.78, 5) is 12.1. The average molecular weight is 306 g/mol. The molecule has 1 unspecified atom stereocenters. The summed E-state index contributed by atoms with van der Waals surface area (Å²) < 4.78 is 5.92. The summed E-state index contributed by atoms with van der Waals surface area (Å²) in [5.74, 6) is 2.86. The monoisotopic (exact) mass is 306 g/mol. The summed E-state index contributed by atoms with van der Waals surface area (Å²) in [6.07, 6.45) is 5.22. The summed E-state index contributed by atoms with van der Waals surface area (Å²) in [6, 6.07) is 7.63. The summed E-state index contributed by atoms with van der Waals surface area (Å²) in [5, 5.41) is 6.20. The van der Waals surface area contributed by atoms with E-state index in [0.29, 0.717) is 6.10 Å². The zero-order chi connectivity index (χ0) is 14.5. The SMILES string of the molecule is O=C(Nc1ccc(OC2CCCC2)cc1)C1CSCCN1. The van der Waals surface area contributed by atoms with Crippen molar-refractivity contribution in [3.63, 3.8) is 0 Å². The van der Waals surface area contributed by atoms with Crippen LogP contribution in [-0.4, -0.2) is 36.1 Å². The van der Waals surface area contributed by atoms with Gasteiger partial charge in [0.2, 0.25) is 5.91 Å². The second kappa shape index (κ2) is 7.18. The van der Waals surface area contributed by atoms with Gasteiger partial charge in [-0.15, -0.1) is 0 Å². The van der Waals surface area contributed by atoms with E-state index in [1.165, 1.54) is 12.8 Å². The van der Waals surface area contributed by atoms with Gasteiger partial charge in [-0.3, -0.25) is 4.79 Å². The third-order valence-corrected chi connectivity index (χ3v) is 5.03. The van der Waals surface area contributed by atoms with Crippen LogP contribution in [-0.2, 0) is 4.79 Å². The number of amides is 1. The van der Waals surface area contributed by atoms with Gasteiger partial charge >= 0.3 is 0 Å². The zero-order valence-corrected chi connectivity index (χ0v) is 13.0. The Morgan fingerprint density at radius 1 is 1.24 bits per heavy atom. The Bertz CT molecular complexity index is 466. The van der Waals surface area contributed by atoms with Crippen LogP contribution in [0.5, 0.6) is 5.75 Å². The van der Waals surface area contributed by atoms with Gasteiger partial charge in [-0.1, -0.05) is 0 Å². The van der Waals surface area contributed by atoms with Crippen molar-refractivity contribution in [2.45, 2.75) is 37.8 Å². The largest absolute Gasteiger partial charge is 0.490 e. The quantitative estimate of drug-likeness (QED) is 0.898. The number of thioether (sulfide) groups is 1. The van der Waals surface area contributed by atoms with Crippen LogP contribution in [0.3, 0.4) is 0 Å². The van der Waals surface area contributed by atoms with Crippen LogP contribution in [0, 0.1) is 0 Å². The molecule has 1 saturated heterocycles. The lowest BCUT2D eigenvalue weighted by atomic mass is 10.2. The van der Waals surface area contributed by atoms with Crippen LogP contribution in [0.15, 0.2) is 24.3 Å². The Hall–Kier alpha value is -1.20. The minimum absolute atomic E-state index is 0.0478. The molecule has 3 rings (SSSR count). The Labute approximate surface area is 130 Å². The minimum Gasteiger partial charge on any atom is -0.490 e. The zero-order valence-electron chi connectivity index (χ0n) is 12.1. The average Bonchev–Trinajstić information content (AvgIpc) is 3.03. The highest BCUT2D eigenvalue weighted by molar-refractivity contribution is 7.99. The molecule has 0 radical (unpaired) electrons. The molecule has 2 N–H and O–H groups in total. The molecule has 21 heavy (non-hydrogen) atoms. The smallest absolute Gasteiger partial charge is 0.242 e. The van der Waals surface area contributed by atoms with Gasteiger partial charge in [0.05, 0.1) is 12.1 Å². The second-order valence-electron chi connectivity index (χ2n) is 5.62. The highest BCUT2D eigenvalue weighted by Crippen LogP contribution is 2.25. The van der Waals surface area contributed by atoms with Gasteiger partial charge in [0.15, 0.2) is 0 Å². The van der Waals surface area contributed by atoms with Crippen LogP contribution < -0.4 is 15.4 Å². The number of carbonyl (C=O) groups is 1. The van der Waals surface area contributed by atoms with Crippen LogP contribution in [0.1, 0.15) is 25.7 Å². The molecular weight excluding hydrogens is 284 g/mol. The van der Waals surface area contributed by atoms with Gasteiger partial charge in [-0.2, -0.15) is 11.8 Å². The molecule has 2 fully saturated rings. The molecule has 2 aliphatic rings. The van der Waals surface area contributed by atoms with Crippen LogP contribution in [0.4, 0.5) is 5.69 Å². The van der Waals surface area contributed by atoms with Crippen molar-refractivity contribution in [2.75, 3.05) is 23.4 Å². The summed E-state index contributed by atoms with van der Waals surface area (Å²) in [6.45, 7) is 0.900. The predicted octanol–water partition coefficient (Wildman–Crippen LogP) is 2.65. The molecular formula is C16H22N2O2S. The van der Waals surface area contributed by atoms with Crippen molar-refractivity contribution in [3.8, 4) is 5.75 Å². The highest BCUT2D eigenvalue weighted by atomic mass is 32.2. The molecule has 1 amide bonds. The number of anilines is 1. The van der Waals surface area contributed by atoms with Crippen LogP contribution >= 0.6 is 11.8 Å². The van der Waals surface area contributed by atoms with E-state index < -0.39 is 0 Å². The van der Waals surface area contributed by atoms with Crippen molar-refractivity contribution < 1.29 is 9.53 Å². The number of hydrogen-bond donors (Lipinski definition) is 2. The molecule has 1 saturated carbocycles. The summed E-state index contributed by atoms with van der Waals surface area (Å²) >= 11 is 1.82. The number of rotatable bonds is 4. The van der Waals surface area contributed by atoms with E-state index in [4.69, 9.17) is 4.74 Å². The van der Waals surface area contributed by atoms with Gasteiger partial charge in [0.25, 0.3) is 0 Å². The van der Waals surface area contributed by atoms with Gasteiger partial charge < -0.3 is 15.4 Å². The number of ether oxygens (including phenoxy) is 1. The van der Waals surface area contributed by atoms with E-state index in [0.717, 1.165) is 42.3 Å². The molecule has 1 heterocycles. The lowest BCUT2D eigenvalue weighted by Crippen LogP contribution is -2.46. The third-order valence-electron chi connectivity index (χ3n) is 3.96. The van der Waals surface area contributed by atoms with Gasteiger partial charge in [0, 0.05) is 23.7 Å². The lowest BCUT2D eigenvalue weighted by molar-refractivity contribution is -0.117. The molecule has 1 atom stereocenters. The molecule has 114 valence electrons. The minimum atomic E-state index is -0.0850. The van der Waals surface area contributed by atoms with Crippen LogP contribution in [0.2, 0.25) is 0 Å². The van der Waals surface area contributed by atoms with Crippen molar-refractivity contribution in [1.29, 1.82) is 0 Å². The van der Waals surface area contributed by atoms with Crippen molar-refractivity contribution in [1.82, 2.24) is 5.32 Å². The Morgan fingerprint density at radius 3 is 2.67 bits per heavy atom. The molecule has 0 spiro atoms. The van der Waals surface area contributed by atoms with Gasteiger partial charge in [-0.25, -0.2) is 0 Å². The van der Waals surface area contributed by atoms with Gasteiger partial charge in [0.1, 0.15) is 5.75 Å². The fourth-order valence-corrected chi connectivity index (χ4v) is 3.71. The van der Waals surface area contributed by atoms with Crippen molar-refractivity contribution in [3.05, 3.63) is 24.3 Å². The number of nitrogens with one attached hydrogen (secondary N) is 2. The van der Waals surface area contributed by atoms with Crippen LogP contribution in [0.25, 0.3) is 0 Å². The molecule has 0 aromatic heterocycles. The normalized spacial score (nSPS) is 23.0. The molecule has 0 bridgehead atoms. The Balaban J connectivity index is 1.52. The Kier molecular flexibility index (Phi) is 5.04. The van der Waals surface area contributed by atoms with Crippen molar-refractivity contribution in [2.24, 2.45) is 0 Å². The highest BCUT2D eigenvalue weighted by Gasteiger charge is 2.21. The first-order chi connectivity index (χ1) is 10.3. The lowest BCUT2D eigenvalue weighted by Gasteiger charge is -2.22. The first kappa shape index (κ1) is 14.7. The van der Waals surface area contributed by atoms with Gasteiger partial charge in [-0.05, 0) is 49.9 Å². The molecule has 1 aliphatic heterocycles. The fraction of sp³-hybridized carbons (Fsp3) is 0.562. The number of benzene rings is 1. The summed E-state index contributed by atoms with van der Waals surface area (Å²) in [5.41, 5.74) is 0.830. The van der Waals surface area contributed by atoms with E-state index >= 15 is 0 Å². The first-order valence-corrected chi connectivity index (χ1v) is 8.85. The van der Waals surface area contributed by atoms with E-state index in [2.05, 4.69) is 10.6 Å². The standard InChI is InChI=1S/C16H22N2O2S/c19-16(15-11-21-10-9-17-15)18-12-5-7-14(8-6-12)20-13-3-1-2-4-13/h5-8,13,15,17H,1-4,9-11H2,(H,18,19). The maximum atomic E-state index is 12.1. The first-order valence-electron chi connectivity index (χ1n) is 7.70. The van der Waals surface area contributed by atoms with E-state index in [9.17, 15) is 4.79 Å². The Morgan fingerprint density at radius 2 is 2.00 bits per heavy atom. The molecule has 1 aliphatic carbocycles. The topological polar surface area (TPSA) is 50.4 Å². The molecule has 1 aromatic carbocycles. The van der Waals surface area contributed by atoms with Crippen molar-refractivity contribution >= 4 is 23.4 Å². The molecule has 5 heteroatoms. The maximum absolute atomic E-state index is 12.1. The van der Waals surface area contributed by atoms with E-state index in [-0.39, 0.29) is 11.9 Å². The molecule has 4 nitrogen and oxygen atoms in total. The third kappa shape index (κ3) is 4.14. The fourth-order valence-electron chi connectivity index (χ4n) is 2.78. The number of hydrogen-bond acceptors (Lipinski definition) is 4. The molecule has 1 aromatic rings. The van der Waals surface area contributed by atoms with E-state index in [1.54, 1.807) is 0 Å². The predicted molar refractivity (Wildman–Crippen MR) is 87.1 cm³/mol.